The van der Waals surface area contributed by atoms with E-state index < -0.39 is 0 Å². The predicted octanol–water partition coefficient (Wildman–Crippen LogP) is 3.30. The van der Waals surface area contributed by atoms with Gasteiger partial charge in [0, 0.05) is 23.4 Å². The third kappa shape index (κ3) is 3.00. The van der Waals surface area contributed by atoms with Gasteiger partial charge in [0.2, 0.25) is 0 Å². The Labute approximate surface area is 128 Å². The lowest BCUT2D eigenvalue weighted by atomic mass is 10.1. The molecule has 108 valence electrons. The number of rotatable bonds is 4. The molecule has 1 fully saturated rings. The Morgan fingerprint density at radius 3 is 2.86 bits per heavy atom. The minimum atomic E-state index is -0.0746. The maximum absolute atomic E-state index is 12.1. The second-order valence-corrected chi connectivity index (χ2v) is 5.40. The van der Waals surface area contributed by atoms with E-state index in [0.717, 1.165) is 18.4 Å². The summed E-state index contributed by atoms with van der Waals surface area (Å²) in [6, 6.07) is 9.17. The molecular formula is C16H15ClN2O2. The van der Waals surface area contributed by atoms with Gasteiger partial charge in [0.1, 0.15) is 5.75 Å². The normalized spacial score (nSPS) is 13.8. The lowest BCUT2D eigenvalue weighted by Gasteiger charge is -2.11. The molecule has 0 radical (unpaired) electrons. The van der Waals surface area contributed by atoms with E-state index in [-0.39, 0.29) is 5.91 Å². The van der Waals surface area contributed by atoms with Gasteiger partial charge in [-0.05, 0) is 43.2 Å². The first-order valence-electron chi connectivity index (χ1n) is 6.79. The van der Waals surface area contributed by atoms with Crippen LogP contribution in [-0.2, 0) is 0 Å². The van der Waals surface area contributed by atoms with Gasteiger partial charge in [0.25, 0.3) is 5.91 Å². The number of amides is 1. The molecule has 3 rings (SSSR count). The average molecular weight is 303 g/mol. The van der Waals surface area contributed by atoms with Crippen LogP contribution in [0.25, 0.3) is 11.3 Å². The zero-order valence-corrected chi connectivity index (χ0v) is 12.4. The number of nitrogens with one attached hydrogen (secondary N) is 1. The Bertz CT molecular complexity index is 684. The van der Waals surface area contributed by atoms with E-state index in [1.165, 1.54) is 0 Å². The van der Waals surface area contributed by atoms with Crippen molar-refractivity contribution in [3.63, 3.8) is 0 Å². The fourth-order valence-electron chi connectivity index (χ4n) is 2.11. The van der Waals surface area contributed by atoms with E-state index in [1.807, 2.05) is 6.07 Å². The summed E-state index contributed by atoms with van der Waals surface area (Å²) in [6.45, 7) is 0. The summed E-state index contributed by atoms with van der Waals surface area (Å²) in [5, 5.41) is 3.50. The van der Waals surface area contributed by atoms with Crippen molar-refractivity contribution >= 4 is 17.5 Å². The van der Waals surface area contributed by atoms with Crippen molar-refractivity contribution in [2.75, 3.05) is 7.11 Å². The molecule has 0 bridgehead atoms. The first kappa shape index (κ1) is 13.9. The molecule has 1 aromatic carbocycles. The van der Waals surface area contributed by atoms with Crippen molar-refractivity contribution < 1.29 is 9.53 Å². The van der Waals surface area contributed by atoms with Gasteiger partial charge in [-0.25, -0.2) is 0 Å². The predicted molar refractivity (Wildman–Crippen MR) is 81.7 cm³/mol. The standard InChI is InChI=1S/C16H15ClN2O2/c1-21-14-9-10(16(20)19-11-5-6-11)4-7-12(14)15-13(17)3-2-8-18-15/h2-4,7-9,11H,5-6H2,1H3,(H,19,20). The van der Waals surface area contributed by atoms with E-state index >= 15 is 0 Å². The topological polar surface area (TPSA) is 51.2 Å². The molecule has 1 aliphatic rings. The molecule has 1 N–H and O–H groups in total. The average Bonchev–Trinajstić information content (AvgIpc) is 3.31. The summed E-state index contributed by atoms with van der Waals surface area (Å²) >= 11 is 6.17. The van der Waals surface area contributed by atoms with Gasteiger partial charge in [-0.1, -0.05) is 11.6 Å². The van der Waals surface area contributed by atoms with Crippen LogP contribution < -0.4 is 10.1 Å². The largest absolute Gasteiger partial charge is 0.496 e. The molecule has 1 amide bonds. The third-order valence-corrected chi connectivity index (χ3v) is 3.69. The van der Waals surface area contributed by atoms with Crippen LogP contribution in [0.5, 0.6) is 5.75 Å². The number of hydrogen-bond acceptors (Lipinski definition) is 3. The third-order valence-electron chi connectivity index (χ3n) is 3.39. The SMILES string of the molecule is COc1cc(C(=O)NC2CC2)ccc1-c1ncccc1Cl. The molecule has 0 saturated heterocycles. The van der Waals surface area contributed by atoms with Crippen LogP contribution in [-0.4, -0.2) is 24.0 Å². The van der Waals surface area contributed by atoms with Gasteiger partial charge in [-0.2, -0.15) is 0 Å². The number of carbonyl (C=O) groups is 1. The summed E-state index contributed by atoms with van der Waals surface area (Å²) in [4.78, 5) is 16.3. The molecule has 1 heterocycles. The zero-order chi connectivity index (χ0) is 14.8. The molecule has 1 aliphatic carbocycles. The molecule has 0 unspecified atom stereocenters. The van der Waals surface area contributed by atoms with Crippen molar-refractivity contribution in [2.45, 2.75) is 18.9 Å². The van der Waals surface area contributed by atoms with Gasteiger partial charge in [-0.15, -0.1) is 0 Å². The Hall–Kier alpha value is -2.07. The van der Waals surface area contributed by atoms with Crippen LogP contribution in [0.4, 0.5) is 0 Å². The lowest BCUT2D eigenvalue weighted by molar-refractivity contribution is 0.0951. The zero-order valence-electron chi connectivity index (χ0n) is 11.6. The van der Waals surface area contributed by atoms with Gasteiger partial charge in [-0.3, -0.25) is 9.78 Å². The van der Waals surface area contributed by atoms with Gasteiger partial charge in [0.15, 0.2) is 0 Å². The van der Waals surface area contributed by atoms with E-state index in [1.54, 1.807) is 37.6 Å². The Balaban J connectivity index is 1.95. The van der Waals surface area contributed by atoms with E-state index in [9.17, 15) is 4.79 Å². The molecule has 0 aliphatic heterocycles. The highest BCUT2D eigenvalue weighted by Gasteiger charge is 2.24. The molecular weight excluding hydrogens is 288 g/mol. The Morgan fingerprint density at radius 1 is 1.38 bits per heavy atom. The number of benzene rings is 1. The molecule has 4 nitrogen and oxygen atoms in total. The summed E-state index contributed by atoms with van der Waals surface area (Å²) in [5.41, 5.74) is 1.99. The highest BCUT2D eigenvalue weighted by Crippen LogP contribution is 2.33. The Morgan fingerprint density at radius 2 is 2.19 bits per heavy atom. The van der Waals surface area contributed by atoms with Gasteiger partial charge in [0.05, 0.1) is 17.8 Å². The molecule has 21 heavy (non-hydrogen) atoms. The minimum Gasteiger partial charge on any atom is -0.496 e. The summed E-state index contributed by atoms with van der Waals surface area (Å²) in [6.07, 6.45) is 3.80. The van der Waals surface area contributed by atoms with Crippen LogP contribution in [0.15, 0.2) is 36.5 Å². The van der Waals surface area contributed by atoms with E-state index in [0.29, 0.717) is 28.1 Å². The number of aromatic nitrogens is 1. The van der Waals surface area contributed by atoms with Crippen molar-refractivity contribution in [2.24, 2.45) is 0 Å². The Kier molecular flexibility index (Phi) is 3.80. The summed E-state index contributed by atoms with van der Waals surface area (Å²) < 4.78 is 5.39. The first-order valence-corrected chi connectivity index (χ1v) is 7.16. The molecule has 2 aromatic rings. The number of pyridine rings is 1. The van der Waals surface area contributed by atoms with Crippen LogP contribution >= 0.6 is 11.6 Å². The number of carbonyl (C=O) groups excluding carboxylic acids is 1. The van der Waals surface area contributed by atoms with Gasteiger partial charge >= 0.3 is 0 Å². The maximum Gasteiger partial charge on any atom is 0.251 e. The fraction of sp³-hybridized carbons (Fsp3) is 0.250. The molecule has 0 atom stereocenters. The molecule has 0 spiro atoms. The smallest absolute Gasteiger partial charge is 0.251 e. The number of ether oxygens (including phenoxy) is 1. The van der Waals surface area contributed by atoms with Crippen LogP contribution in [0.3, 0.4) is 0 Å². The second-order valence-electron chi connectivity index (χ2n) is 5.00. The fourth-order valence-corrected chi connectivity index (χ4v) is 2.33. The monoisotopic (exact) mass is 302 g/mol. The van der Waals surface area contributed by atoms with Crippen molar-refractivity contribution in [1.29, 1.82) is 0 Å². The highest BCUT2D eigenvalue weighted by atomic mass is 35.5. The number of halogens is 1. The number of hydrogen-bond donors (Lipinski definition) is 1. The maximum atomic E-state index is 12.1. The quantitative estimate of drug-likeness (QED) is 0.942. The van der Waals surface area contributed by atoms with Gasteiger partial charge < -0.3 is 10.1 Å². The van der Waals surface area contributed by atoms with Crippen LogP contribution in [0, 0.1) is 0 Å². The molecule has 1 aromatic heterocycles. The van der Waals surface area contributed by atoms with Crippen LogP contribution in [0.2, 0.25) is 5.02 Å². The first-order chi connectivity index (χ1) is 10.2. The second kappa shape index (κ2) is 5.74. The lowest BCUT2D eigenvalue weighted by Crippen LogP contribution is -2.25. The summed E-state index contributed by atoms with van der Waals surface area (Å²) in [7, 11) is 1.57. The van der Waals surface area contributed by atoms with E-state index in [2.05, 4.69) is 10.3 Å². The van der Waals surface area contributed by atoms with Crippen molar-refractivity contribution in [3.05, 3.63) is 47.1 Å². The molecule has 1 saturated carbocycles. The van der Waals surface area contributed by atoms with Crippen molar-refractivity contribution in [1.82, 2.24) is 10.3 Å². The van der Waals surface area contributed by atoms with Crippen LogP contribution in [0.1, 0.15) is 23.2 Å². The molecule has 5 heteroatoms. The summed E-state index contributed by atoms with van der Waals surface area (Å²) in [5.74, 6) is 0.508. The highest BCUT2D eigenvalue weighted by molar-refractivity contribution is 6.33. The number of nitrogens with zero attached hydrogens (tertiary/aromatic N) is 1. The van der Waals surface area contributed by atoms with Crippen molar-refractivity contribution in [3.8, 4) is 17.0 Å². The number of methoxy groups -OCH3 is 1. The minimum absolute atomic E-state index is 0.0746. The van der Waals surface area contributed by atoms with E-state index in [4.69, 9.17) is 16.3 Å².